The maximum atomic E-state index is 12.5. The Kier molecular flexibility index (Phi) is 4.14. The van der Waals surface area contributed by atoms with Crippen molar-refractivity contribution in [1.29, 1.82) is 0 Å². The average Bonchev–Trinajstić information content (AvgIpc) is 2.93. The summed E-state index contributed by atoms with van der Waals surface area (Å²) in [5.41, 5.74) is 0.483. The van der Waals surface area contributed by atoms with Crippen molar-refractivity contribution in [2.75, 3.05) is 19.7 Å². The van der Waals surface area contributed by atoms with Crippen molar-refractivity contribution in [3.8, 4) is 0 Å². The third kappa shape index (κ3) is 3.57. The highest BCUT2D eigenvalue weighted by Gasteiger charge is 2.34. The Hall–Kier alpha value is -2.25. The highest BCUT2D eigenvalue weighted by Crippen LogP contribution is 2.33. The molecule has 1 unspecified atom stereocenters. The van der Waals surface area contributed by atoms with Crippen LogP contribution in [-0.4, -0.2) is 42.9 Å². The van der Waals surface area contributed by atoms with Crippen LogP contribution in [0.2, 0.25) is 0 Å². The lowest BCUT2D eigenvalue weighted by Crippen LogP contribution is -2.32. The second kappa shape index (κ2) is 6.10. The fourth-order valence-corrected chi connectivity index (χ4v) is 2.73. The van der Waals surface area contributed by atoms with Crippen LogP contribution in [0.15, 0.2) is 40.6 Å². The van der Waals surface area contributed by atoms with E-state index in [-0.39, 0.29) is 24.6 Å². The van der Waals surface area contributed by atoms with Gasteiger partial charge in [-0.15, -0.1) is 13.2 Å². The standard InChI is InChI=1S/C15H15F3N2O3/c16-15(17,18)23-12-4-2-1-3-11(12)10-5-6-13(19-9-10)20-7-8-22-14(20)21/h1,3,5-6,10H,2,4,7-9H2. The first-order chi connectivity index (χ1) is 10.9. The number of halogens is 3. The average molecular weight is 328 g/mol. The first-order valence-corrected chi connectivity index (χ1v) is 7.26. The molecule has 23 heavy (non-hydrogen) atoms. The van der Waals surface area contributed by atoms with E-state index < -0.39 is 12.5 Å². The summed E-state index contributed by atoms with van der Waals surface area (Å²) in [5, 5.41) is 0. The monoisotopic (exact) mass is 328 g/mol. The molecule has 3 aliphatic rings. The molecule has 1 atom stereocenters. The van der Waals surface area contributed by atoms with Gasteiger partial charge in [-0.1, -0.05) is 18.2 Å². The van der Waals surface area contributed by atoms with E-state index in [9.17, 15) is 18.0 Å². The van der Waals surface area contributed by atoms with Gasteiger partial charge in [0.15, 0.2) is 0 Å². The Morgan fingerprint density at radius 2 is 2.17 bits per heavy atom. The van der Waals surface area contributed by atoms with E-state index in [2.05, 4.69) is 9.73 Å². The number of hydrogen-bond donors (Lipinski definition) is 0. The van der Waals surface area contributed by atoms with E-state index in [1.165, 1.54) is 4.90 Å². The Morgan fingerprint density at radius 1 is 1.35 bits per heavy atom. The molecule has 2 heterocycles. The number of carbonyl (C=O) groups is 1. The first-order valence-electron chi connectivity index (χ1n) is 7.26. The zero-order valence-corrected chi connectivity index (χ0v) is 12.2. The van der Waals surface area contributed by atoms with E-state index in [0.29, 0.717) is 31.0 Å². The maximum absolute atomic E-state index is 12.5. The van der Waals surface area contributed by atoms with Crippen LogP contribution >= 0.6 is 0 Å². The fraction of sp³-hybridized carbons (Fsp3) is 0.467. The summed E-state index contributed by atoms with van der Waals surface area (Å²) < 4.78 is 46.5. The Balaban J connectivity index is 1.75. The zero-order chi connectivity index (χ0) is 16.4. The number of hydrogen-bond acceptors (Lipinski definition) is 4. The molecular weight excluding hydrogens is 313 g/mol. The molecule has 0 aromatic carbocycles. The molecule has 0 bridgehead atoms. The van der Waals surface area contributed by atoms with Gasteiger partial charge in [-0.05, 0) is 18.1 Å². The highest BCUT2D eigenvalue weighted by atomic mass is 19.4. The van der Waals surface area contributed by atoms with Gasteiger partial charge in [-0.3, -0.25) is 9.89 Å². The molecule has 5 nitrogen and oxygen atoms in total. The number of amidine groups is 1. The molecule has 1 aliphatic carbocycles. The number of ether oxygens (including phenoxy) is 2. The van der Waals surface area contributed by atoms with Crippen LogP contribution in [0.25, 0.3) is 0 Å². The number of aliphatic imine (C=N–C) groups is 1. The smallest absolute Gasteiger partial charge is 0.447 e. The number of alkyl halides is 3. The van der Waals surface area contributed by atoms with Gasteiger partial charge >= 0.3 is 12.5 Å². The van der Waals surface area contributed by atoms with Gasteiger partial charge in [0.2, 0.25) is 0 Å². The van der Waals surface area contributed by atoms with Crippen LogP contribution in [0.3, 0.4) is 0 Å². The maximum Gasteiger partial charge on any atom is 0.572 e. The van der Waals surface area contributed by atoms with E-state index in [4.69, 9.17) is 4.74 Å². The molecule has 1 amide bonds. The van der Waals surface area contributed by atoms with Crippen LogP contribution in [0.1, 0.15) is 12.8 Å². The van der Waals surface area contributed by atoms with Crippen molar-refractivity contribution in [2.24, 2.45) is 10.9 Å². The van der Waals surface area contributed by atoms with E-state index in [1.54, 1.807) is 18.2 Å². The predicted octanol–water partition coefficient (Wildman–Crippen LogP) is 3.16. The summed E-state index contributed by atoms with van der Waals surface area (Å²) in [6.45, 7) is 1.00. The van der Waals surface area contributed by atoms with Gasteiger partial charge in [0.25, 0.3) is 0 Å². The lowest BCUT2D eigenvalue weighted by atomic mass is 9.91. The number of allylic oxidation sites excluding steroid dienone is 3. The second-order valence-corrected chi connectivity index (χ2v) is 5.30. The van der Waals surface area contributed by atoms with Gasteiger partial charge in [0.05, 0.1) is 13.1 Å². The van der Waals surface area contributed by atoms with E-state index >= 15 is 0 Å². The normalized spacial score (nSPS) is 24.8. The third-order valence-corrected chi connectivity index (χ3v) is 3.76. The zero-order valence-electron chi connectivity index (χ0n) is 12.2. The molecule has 124 valence electrons. The topological polar surface area (TPSA) is 51.1 Å². The minimum absolute atomic E-state index is 0.0612. The molecule has 2 aliphatic heterocycles. The Morgan fingerprint density at radius 3 is 2.78 bits per heavy atom. The Bertz CT molecular complexity index is 620. The predicted molar refractivity (Wildman–Crippen MR) is 75.5 cm³/mol. The molecule has 3 rings (SSSR count). The molecule has 0 aromatic heterocycles. The molecule has 8 heteroatoms. The highest BCUT2D eigenvalue weighted by molar-refractivity contribution is 6.03. The molecular formula is C15H15F3N2O3. The molecule has 0 spiro atoms. The molecule has 1 saturated heterocycles. The van der Waals surface area contributed by atoms with Crippen LogP contribution in [0.5, 0.6) is 0 Å². The van der Waals surface area contributed by atoms with Crippen LogP contribution in [0, 0.1) is 5.92 Å². The van der Waals surface area contributed by atoms with Gasteiger partial charge in [-0.2, -0.15) is 0 Å². The number of cyclic esters (lactones) is 1. The number of nitrogens with zero attached hydrogens (tertiary/aromatic N) is 2. The third-order valence-electron chi connectivity index (χ3n) is 3.76. The second-order valence-electron chi connectivity index (χ2n) is 5.30. The summed E-state index contributed by atoms with van der Waals surface area (Å²) in [7, 11) is 0. The molecule has 0 saturated carbocycles. The van der Waals surface area contributed by atoms with Gasteiger partial charge in [0, 0.05) is 12.3 Å². The minimum Gasteiger partial charge on any atom is -0.447 e. The Labute approximate surface area is 130 Å². The number of carbonyl (C=O) groups excluding carboxylic acids is 1. The van der Waals surface area contributed by atoms with Crippen LogP contribution < -0.4 is 0 Å². The van der Waals surface area contributed by atoms with Gasteiger partial charge in [-0.25, -0.2) is 4.79 Å². The lowest BCUT2D eigenvalue weighted by molar-refractivity contribution is -0.307. The molecule has 0 radical (unpaired) electrons. The van der Waals surface area contributed by atoms with E-state index in [1.807, 2.05) is 6.08 Å². The van der Waals surface area contributed by atoms with Crippen molar-refractivity contribution in [3.63, 3.8) is 0 Å². The van der Waals surface area contributed by atoms with Crippen LogP contribution in [0.4, 0.5) is 18.0 Å². The van der Waals surface area contributed by atoms with Crippen molar-refractivity contribution in [2.45, 2.75) is 19.2 Å². The van der Waals surface area contributed by atoms with E-state index in [0.717, 1.165) is 0 Å². The van der Waals surface area contributed by atoms with Crippen molar-refractivity contribution < 1.29 is 27.4 Å². The quantitative estimate of drug-likeness (QED) is 0.782. The van der Waals surface area contributed by atoms with Crippen LogP contribution in [-0.2, 0) is 9.47 Å². The van der Waals surface area contributed by atoms with Crippen molar-refractivity contribution in [3.05, 3.63) is 35.6 Å². The fourth-order valence-electron chi connectivity index (χ4n) is 2.73. The summed E-state index contributed by atoms with van der Waals surface area (Å²) in [4.78, 5) is 17.2. The summed E-state index contributed by atoms with van der Waals surface area (Å²) >= 11 is 0. The number of amides is 1. The largest absolute Gasteiger partial charge is 0.572 e. The summed E-state index contributed by atoms with van der Waals surface area (Å²) in [6.07, 6.45) is 2.44. The molecule has 0 N–H and O–H groups in total. The lowest BCUT2D eigenvalue weighted by Gasteiger charge is -2.25. The van der Waals surface area contributed by atoms with Gasteiger partial charge < -0.3 is 9.47 Å². The number of dihydropyridines is 1. The molecule has 0 aromatic rings. The van der Waals surface area contributed by atoms with Gasteiger partial charge in [0.1, 0.15) is 18.2 Å². The number of rotatable bonds is 2. The summed E-state index contributed by atoms with van der Waals surface area (Å²) in [6, 6.07) is 0. The summed E-state index contributed by atoms with van der Waals surface area (Å²) in [5.74, 6) is 0.114. The molecule has 1 fully saturated rings. The minimum atomic E-state index is -4.70. The van der Waals surface area contributed by atoms with Crippen molar-refractivity contribution >= 4 is 11.9 Å². The SMILES string of the molecule is O=C1OCCN1C1=NCC(C2=C(OC(F)(F)F)CCC=C2)C=C1. The van der Waals surface area contributed by atoms with Crippen molar-refractivity contribution in [1.82, 2.24) is 4.90 Å². The first kappa shape index (κ1) is 15.6.